The summed E-state index contributed by atoms with van der Waals surface area (Å²) in [5, 5.41) is 7.84. The minimum absolute atomic E-state index is 0.114. The summed E-state index contributed by atoms with van der Waals surface area (Å²) in [6.07, 6.45) is 0. The smallest absolute Gasteiger partial charge is 0.340 e. The number of ether oxygens (including phenoxy) is 2. The third-order valence-corrected chi connectivity index (χ3v) is 7.15. The molecule has 3 heterocycles. The van der Waals surface area contributed by atoms with Crippen LogP contribution in [0.15, 0.2) is 39.4 Å². The molecule has 28 heavy (non-hydrogen) atoms. The third kappa shape index (κ3) is 2.81. The Bertz CT molecular complexity index is 889. The van der Waals surface area contributed by atoms with Crippen LogP contribution in [-0.2, 0) is 28.9 Å². The summed E-state index contributed by atoms with van der Waals surface area (Å²) >= 11 is 0. The van der Waals surface area contributed by atoms with Crippen LogP contribution in [0.2, 0.25) is 0 Å². The molecule has 0 aliphatic carbocycles. The van der Waals surface area contributed by atoms with Gasteiger partial charge in [0, 0.05) is 26.2 Å². The van der Waals surface area contributed by atoms with E-state index in [0.717, 1.165) is 0 Å². The summed E-state index contributed by atoms with van der Waals surface area (Å²) < 4.78 is 37.7. The zero-order chi connectivity index (χ0) is 19.8. The van der Waals surface area contributed by atoms with E-state index in [1.807, 2.05) is 0 Å². The van der Waals surface area contributed by atoms with Crippen molar-refractivity contribution >= 4 is 27.3 Å². The quantitative estimate of drug-likeness (QED) is 0.634. The Morgan fingerprint density at radius 3 is 1.93 bits per heavy atom. The molecular weight excluding hydrogens is 388 g/mol. The topological polar surface area (TPSA) is 118 Å². The Morgan fingerprint density at radius 2 is 1.39 bits per heavy atom. The monoisotopic (exact) mass is 408 g/mol. The molecule has 0 atom stereocenters. The maximum atomic E-state index is 13.6. The van der Waals surface area contributed by atoms with Crippen molar-refractivity contribution in [3.8, 4) is 0 Å². The van der Waals surface area contributed by atoms with Gasteiger partial charge in [0.2, 0.25) is 9.84 Å². The third-order valence-electron chi connectivity index (χ3n) is 5.02. The van der Waals surface area contributed by atoms with Crippen molar-refractivity contribution in [2.45, 2.75) is 9.77 Å². The lowest BCUT2D eigenvalue weighted by Gasteiger charge is -2.38. The summed E-state index contributed by atoms with van der Waals surface area (Å²) in [6.45, 7) is 1.80. The van der Waals surface area contributed by atoms with Gasteiger partial charge in [0.25, 0.3) is 11.8 Å². The molecule has 150 valence electrons. The van der Waals surface area contributed by atoms with Gasteiger partial charge < -0.3 is 19.3 Å². The highest BCUT2D eigenvalue weighted by Crippen LogP contribution is 2.41. The molecule has 2 amide bonds. The van der Waals surface area contributed by atoms with Crippen molar-refractivity contribution in [3.05, 3.63) is 24.3 Å². The molecule has 1 aromatic rings. The summed E-state index contributed by atoms with van der Waals surface area (Å²) in [4.78, 5) is 26.7. The van der Waals surface area contributed by atoms with E-state index >= 15 is 0 Å². The number of azo groups is 1. The lowest BCUT2D eigenvalue weighted by Crippen LogP contribution is -2.64. The van der Waals surface area contributed by atoms with Gasteiger partial charge in [-0.3, -0.25) is 9.59 Å². The molecule has 3 aliphatic heterocycles. The van der Waals surface area contributed by atoms with E-state index in [4.69, 9.17) is 9.47 Å². The van der Waals surface area contributed by atoms with E-state index in [-0.39, 0.29) is 63.2 Å². The van der Waals surface area contributed by atoms with Gasteiger partial charge in [0.1, 0.15) is 5.69 Å². The van der Waals surface area contributed by atoms with Gasteiger partial charge in [0.15, 0.2) is 0 Å². The van der Waals surface area contributed by atoms with Crippen LogP contribution < -0.4 is 0 Å². The second-order valence-electron chi connectivity index (χ2n) is 6.62. The molecule has 1 aromatic carbocycles. The number of hydrogen-bond acceptors (Lipinski definition) is 8. The highest BCUT2D eigenvalue weighted by Gasteiger charge is 2.63. The molecule has 0 N–H and O–H groups in total. The van der Waals surface area contributed by atoms with Gasteiger partial charge in [-0.15, -0.1) is 5.11 Å². The van der Waals surface area contributed by atoms with Crippen molar-refractivity contribution in [1.29, 1.82) is 0 Å². The average molecular weight is 408 g/mol. The summed E-state index contributed by atoms with van der Waals surface area (Å²) in [5.41, 5.74) is 0.114. The van der Waals surface area contributed by atoms with Crippen molar-refractivity contribution < 1.29 is 27.5 Å². The number of carbonyl (C=O) groups excluding carboxylic acids is 2. The Kier molecular flexibility index (Phi) is 4.89. The van der Waals surface area contributed by atoms with Crippen LogP contribution in [0.5, 0.6) is 0 Å². The number of amides is 2. The predicted molar refractivity (Wildman–Crippen MR) is 95.7 cm³/mol. The Balaban J connectivity index is 1.85. The number of benzene rings is 1. The number of morpholine rings is 2. The molecule has 0 radical (unpaired) electrons. The van der Waals surface area contributed by atoms with Crippen molar-refractivity contribution in [1.82, 2.24) is 9.80 Å². The molecule has 0 spiro atoms. The molecular formula is C17H20N4O6S. The minimum Gasteiger partial charge on any atom is -0.378 e. The summed E-state index contributed by atoms with van der Waals surface area (Å²) in [6, 6.07) is 5.98. The Hall–Kier alpha value is -2.37. The lowest BCUT2D eigenvalue weighted by atomic mass is 10.2. The molecule has 0 aromatic heterocycles. The van der Waals surface area contributed by atoms with Gasteiger partial charge in [-0.25, -0.2) is 8.42 Å². The molecule has 11 heteroatoms. The number of hydrogen-bond donors (Lipinski definition) is 0. The first-order chi connectivity index (χ1) is 13.5. The summed E-state index contributed by atoms with van der Waals surface area (Å²) in [7, 11) is -4.47. The number of sulfone groups is 1. The number of carbonyl (C=O) groups is 2. The number of fused-ring (bicyclic) bond motifs is 1. The normalized spacial score (nSPS) is 23.1. The van der Waals surface area contributed by atoms with Crippen molar-refractivity contribution in [2.24, 2.45) is 10.2 Å². The zero-order valence-electron chi connectivity index (χ0n) is 15.1. The second kappa shape index (κ2) is 7.22. The molecule has 0 bridgehead atoms. The predicted octanol–water partition coefficient (Wildman–Crippen LogP) is -0.0285. The fraction of sp³-hybridized carbons (Fsp3) is 0.529. The standard InChI is InChI=1S/C17H20N4O6S/c22-15(20-5-9-26-10-6-20)17(16(23)21-7-11-27-12-8-21)19-18-13-3-1-2-4-14(13)28(17,24)25/h1-4H,5-12H2. The first-order valence-corrected chi connectivity index (χ1v) is 10.5. The molecule has 2 fully saturated rings. The van der Waals surface area contributed by atoms with Crippen LogP contribution in [0, 0.1) is 0 Å². The van der Waals surface area contributed by atoms with Crippen molar-refractivity contribution in [2.75, 3.05) is 52.6 Å². The fourth-order valence-electron chi connectivity index (χ4n) is 3.47. The van der Waals surface area contributed by atoms with E-state index < -0.39 is 26.5 Å². The largest absolute Gasteiger partial charge is 0.378 e. The lowest BCUT2D eigenvalue weighted by molar-refractivity contribution is -0.149. The molecule has 10 nitrogen and oxygen atoms in total. The van der Waals surface area contributed by atoms with Gasteiger partial charge in [0.05, 0.1) is 31.3 Å². The Morgan fingerprint density at radius 1 is 0.893 bits per heavy atom. The highest BCUT2D eigenvalue weighted by molar-refractivity contribution is 7.94. The number of rotatable bonds is 2. The van der Waals surface area contributed by atoms with Crippen LogP contribution in [0.1, 0.15) is 0 Å². The first kappa shape index (κ1) is 19.0. The van der Waals surface area contributed by atoms with Crippen LogP contribution >= 0.6 is 0 Å². The van der Waals surface area contributed by atoms with E-state index in [2.05, 4.69) is 10.2 Å². The van der Waals surface area contributed by atoms with E-state index in [9.17, 15) is 18.0 Å². The SMILES string of the molecule is O=C(N1CCOCC1)C1(C(=O)N2CCOCC2)N=Nc2ccccc2S1(=O)=O. The van der Waals surface area contributed by atoms with Crippen LogP contribution in [-0.4, -0.2) is 87.5 Å². The second-order valence-corrected chi connectivity index (χ2v) is 8.66. The van der Waals surface area contributed by atoms with E-state index in [1.54, 1.807) is 6.07 Å². The number of nitrogens with zero attached hydrogens (tertiary/aromatic N) is 4. The Labute approximate surface area is 162 Å². The van der Waals surface area contributed by atoms with Gasteiger partial charge in [-0.2, -0.15) is 5.11 Å². The maximum absolute atomic E-state index is 13.6. The van der Waals surface area contributed by atoms with Gasteiger partial charge in [-0.1, -0.05) is 12.1 Å². The molecule has 3 aliphatic rings. The van der Waals surface area contributed by atoms with Crippen LogP contribution in [0.4, 0.5) is 5.69 Å². The van der Waals surface area contributed by atoms with Gasteiger partial charge >= 0.3 is 4.87 Å². The minimum atomic E-state index is -4.47. The zero-order valence-corrected chi connectivity index (χ0v) is 15.9. The van der Waals surface area contributed by atoms with E-state index in [0.29, 0.717) is 0 Å². The molecule has 4 rings (SSSR count). The van der Waals surface area contributed by atoms with Crippen LogP contribution in [0.25, 0.3) is 0 Å². The summed E-state index contributed by atoms with van der Waals surface area (Å²) in [5.74, 6) is -1.77. The maximum Gasteiger partial charge on any atom is 0.340 e. The molecule has 2 saturated heterocycles. The first-order valence-electron chi connectivity index (χ1n) is 8.99. The van der Waals surface area contributed by atoms with Crippen molar-refractivity contribution in [3.63, 3.8) is 0 Å². The fourth-order valence-corrected chi connectivity index (χ4v) is 5.30. The molecule has 0 unspecified atom stereocenters. The van der Waals surface area contributed by atoms with Gasteiger partial charge in [-0.05, 0) is 12.1 Å². The highest BCUT2D eigenvalue weighted by atomic mass is 32.2. The molecule has 0 saturated carbocycles. The average Bonchev–Trinajstić information content (AvgIpc) is 2.74. The van der Waals surface area contributed by atoms with E-state index in [1.165, 1.54) is 28.0 Å². The van der Waals surface area contributed by atoms with Crippen LogP contribution in [0.3, 0.4) is 0 Å².